The molecule has 0 spiro atoms. The quantitative estimate of drug-likeness (QED) is 0.285. The first kappa shape index (κ1) is 15.7. The first-order valence-corrected chi connectivity index (χ1v) is 2.00. The van der Waals surface area contributed by atoms with Gasteiger partial charge in [-0.2, -0.15) is 0 Å². The summed E-state index contributed by atoms with van der Waals surface area (Å²) in [5, 5.41) is 0. The fraction of sp³-hybridized carbons (Fsp3) is 0. The summed E-state index contributed by atoms with van der Waals surface area (Å²) in [6.45, 7) is 0. The van der Waals surface area contributed by atoms with Gasteiger partial charge in [0, 0.05) is 27.5 Å². The summed E-state index contributed by atoms with van der Waals surface area (Å²) in [6.07, 6.45) is 0. The molecule has 1 radical (unpaired) electrons. The molecule has 0 aliphatic heterocycles. The molecule has 0 saturated heterocycles. The molecule has 0 aliphatic carbocycles. The van der Waals surface area contributed by atoms with Crippen LogP contribution in [0, 0.1) is 0 Å². The van der Waals surface area contributed by atoms with Crippen LogP contribution in [0.25, 0.3) is 0 Å². The van der Waals surface area contributed by atoms with Gasteiger partial charge in [-0.25, -0.2) is 0 Å². The molecule has 5 nitrogen and oxygen atoms in total. The van der Waals surface area contributed by atoms with E-state index in [1.165, 1.54) is 0 Å². The van der Waals surface area contributed by atoms with Gasteiger partial charge in [0.25, 0.3) is 0 Å². The number of rotatable bonds is 0. The molecule has 0 aromatic rings. The molecule has 0 aliphatic rings. The molecule has 0 amide bonds. The summed E-state index contributed by atoms with van der Waals surface area (Å²) in [4.78, 5) is 0. The molecule has 0 saturated carbocycles. The predicted octanol–water partition coefficient (Wildman–Crippen LogP) is -0.964. The molecule has 47 valence electrons. The van der Waals surface area contributed by atoms with Crippen molar-refractivity contribution in [3.63, 3.8) is 0 Å². The molecular formula is H4MnNO4S-. The van der Waals surface area contributed by atoms with Crippen molar-refractivity contribution in [1.82, 2.24) is 6.15 Å². The molecule has 7 heavy (non-hydrogen) atoms. The molecule has 0 aromatic carbocycles. The first-order chi connectivity index (χ1) is 2.00. The van der Waals surface area contributed by atoms with Crippen LogP contribution in [-0.4, -0.2) is 17.5 Å². The van der Waals surface area contributed by atoms with Crippen LogP contribution in [0.15, 0.2) is 0 Å². The Morgan fingerprint density at radius 3 is 1.14 bits per heavy atom. The maximum atomic E-state index is 8.52. The second-order valence-corrected chi connectivity index (χ2v) is 1.22. The third-order valence-corrected chi connectivity index (χ3v) is 0. The van der Waals surface area contributed by atoms with E-state index >= 15 is 0 Å². The fourth-order valence-corrected chi connectivity index (χ4v) is 0. The molecule has 0 fully saturated rings. The van der Waals surface area contributed by atoms with Gasteiger partial charge in [0.15, 0.2) is 0 Å². The SMILES string of the molecule is O=S(=O)([O-])[O-].[Mn].[NH4+]. The van der Waals surface area contributed by atoms with Gasteiger partial charge in [0.1, 0.15) is 0 Å². The minimum Gasteiger partial charge on any atom is -0.759 e. The zero-order chi connectivity index (χ0) is 4.50. The van der Waals surface area contributed by atoms with Gasteiger partial charge >= 0.3 is 0 Å². The average Bonchev–Trinajstić information content (AvgIpc) is 0.722. The van der Waals surface area contributed by atoms with Crippen molar-refractivity contribution >= 4 is 10.4 Å². The van der Waals surface area contributed by atoms with Crippen LogP contribution < -0.4 is 6.15 Å². The molecule has 0 unspecified atom stereocenters. The van der Waals surface area contributed by atoms with Crippen LogP contribution in [0.3, 0.4) is 0 Å². The van der Waals surface area contributed by atoms with Crippen molar-refractivity contribution in [3.8, 4) is 0 Å². The Kier molecular flexibility index (Phi) is 10.1. The van der Waals surface area contributed by atoms with Gasteiger partial charge in [0.2, 0.25) is 0 Å². The predicted molar refractivity (Wildman–Crippen MR) is 16.5 cm³/mol. The van der Waals surface area contributed by atoms with Crippen LogP contribution in [0.2, 0.25) is 0 Å². The molecular weight excluding hydrogens is 165 g/mol. The van der Waals surface area contributed by atoms with Crippen LogP contribution in [0.5, 0.6) is 0 Å². The molecule has 4 N–H and O–H groups in total. The van der Waals surface area contributed by atoms with Gasteiger partial charge in [-0.3, -0.25) is 8.42 Å². The third-order valence-electron chi connectivity index (χ3n) is 0. The van der Waals surface area contributed by atoms with Crippen molar-refractivity contribution in [1.29, 1.82) is 0 Å². The maximum absolute atomic E-state index is 8.52. The van der Waals surface area contributed by atoms with Gasteiger partial charge in [-0.05, 0) is 0 Å². The molecule has 0 heterocycles. The monoisotopic (exact) mass is 169 g/mol. The van der Waals surface area contributed by atoms with E-state index in [-0.39, 0.29) is 23.2 Å². The van der Waals surface area contributed by atoms with Crippen LogP contribution in [-0.2, 0) is 27.5 Å². The van der Waals surface area contributed by atoms with Gasteiger partial charge in [0.05, 0.1) is 0 Å². The largest absolute Gasteiger partial charge is 0.759 e. The van der Waals surface area contributed by atoms with E-state index < -0.39 is 10.4 Å². The molecule has 0 atom stereocenters. The van der Waals surface area contributed by atoms with Crippen LogP contribution in [0.4, 0.5) is 0 Å². The smallest absolute Gasteiger partial charge is 0.0311 e. The van der Waals surface area contributed by atoms with Crippen LogP contribution >= 0.6 is 0 Å². The van der Waals surface area contributed by atoms with Crippen molar-refractivity contribution in [3.05, 3.63) is 0 Å². The summed E-state index contributed by atoms with van der Waals surface area (Å²) in [5.74, 6) is 0. The third kappa shape index (κ3) is 983. The summed E-state index contributed by atoms with van der Waals surface area (Å²) >= 11 is 0. The fourth-order valence-electron chi connectivity index (χ4n) is 0. The minimum atomic E-state index is -5.17. The van der Waals surface area contributed by atoms with E-state index in [0.29, 0.717) is 0 Å². The van der Waals surface area contributed by atoms with Crippen LogP contribution in [0.1, 0.15) is 0 Å². The second kappa shape index (κ2) is 4.51. The normalized spacial score (nSPS) is 8.29. The van der Waals surface area contributed by atoms with E-state index in [4.69, 9.17) is 17.5 Å². The maximum Gasteiger partial charge on any atom is 0.0311 e. The zero-order valence-corrected chi connectivity index (χ0v) is 5.42. The van der Waals surface area contributed by atoms with Crippen molar-refractivity contribution in [2.45, 2.75) is 0 Å². The summed E-state index contributed by atoms with van der Waals surface area (Å²) < 4.78 is 34.1. The number of hydrogen-bond donors (Lipinski definition) is 1. The molecule has 0 bridgehead atoms. The Morgan fingerprint density at radius 1 is 1.14 bits per heavy atom. The molecule has 0 aromatic heterocycles. The standard InChI is InChI=1S/Mn.H3N.H2O4S/c;;1-5(2,3)4/h;1H3;(H2,1,2,3,4)/p-1. The number of hydrogen-bond acceptors (Lipinski definition) is 4. The van der Waals surface area contributed by atoms with E-state index in [1.54, 1.807) is 0 Å². The van der Waals surface area contributed by atoms with Crippen molar-refractivity contribution in [2.75, 3.05) is 0 Å². The minimum absolute atomic E-state index is 0. The van der Waals surface area contributed by atoms with Gasteiger partial charge in [-0.15, -0.1) is 0 Å². The second-order valence-electron chi connectivity index (χ2n) is 0.408. The van der Waals surface area contributed by atoms with E-state index in [2.05, 4.69) is 0 Å². The summed E-state index contributed by atoms with van der Waals surface area (Å²) in [5.41, 5.74) is 0. The zero-order valence-electron chi connectivity index (χ0n) is 3.42. The van der Waals surface area contributed by atoms with Crippen molar-refractivity contribution < 1.29 is 34.6 Å². The van der Waals surface area contributed by atoms with E-state index in [1.807, 2.05) is 0 Å². The summed E-state index contributed by atoms with van der Waals surface area (Å²) in [7, 11) is -5.17. The average molecular weight is 169 g/mol. The van der Waals surface area contributed by atoms with Crippen molar-refractivity contribution in [2.24, 2.45) is 0 Å². The van der Waals surface area contributed by atoms with Gasteiger partial charge in [-0.1, -0.05) is 0 Å². The summed E-state index contributed by atoms with van der Waals surface area (Å²) in [6, 6.07) is 0. The van der Waals surface area contributed by atoms with E-state index in [9.17, 15) is 0 Å². The molecule has 0 rings (SSSR count). The topological polar surface area (TPSA) is 117 Å². The Bertz CT molecular complexity index is 94.9. The first-order valence-electron chi connectivity index (χ1n) is 0.667. The van der Waals surface area contributed by atoms with E-state index in [0.717, 1.165) is 0 Å². The molecule has 7 heteroatoms. The van der Waals surface area contributed by atoms with Gasteiger partial charge < -0.3 is 15.3 Å². The Balaban J connectivity index is -0.0000000800. The Morgan fingerprint density at radius 2 is 1.14 bits per heavy atom. The Hall–Kier alpha value is 0.349. The number of quaternary nitrogens is 1. The Labute approximate surface area is 51.7 Å².